The Bertz CT molecular complexity index is 197. The van der Waals surface area contributed by atoms with Crippen LogP contribution in [0, 0.1) is 0 Å². The first-order valence-electron chi connectivity index (χ1n) is 7.11. The Balaban J connectivity index is 3.25. The predicted octanol–water partition coefficient (Wildman–Crippen LogP) is 4.64. The van der Waals surface area contributed by atoms with Gasteiger partial charge in [0, 0.05) is 6.42 Å². The largest absolute Gasteiger partial charge is 0.466 e. The number of carbonyl (C=O) groups is 1. The summed E-state index contributed by atoms with van der Waals surface area (Å²) in [5.41, 5.74) is 0. The van der Waals surface area contributed by atoms with Gasteiger partial charge in [0.25, 0.3) is 0 Å². The van der Waals surface area contributed by atoms with Gasteiger partial charge in [-0.3, -0.25) is 4.79 Å². The lowest BCUT2D eigenvalue weighted by Crippen LogP contribution is -2.04. The minimum Gasteiger partial charge on any atom is -0.466 e. The first-order valence-corrected chi connectivity index (χ1v) is 7.11. The summed E-state index contributed by atoms with van der Waals surface area (Å²) < 4.78 is 5.07. The zero-order valence-electron chi connectivity index (χ0n) is 11.5. The summed E-state index contributed by atoms with van der Waals surface area (Å²) in [5.74, 6) is -0.0610. The van der Waals surface area contributed by atoms with Crippen molar-refractivity contribution in [2.75, 3.05) is 6.61 Å². The van der Waals surface area contributed by atoms with Gasteiger partial charge in [-0.05, 0) is 25.7 Å². The molecule has 100 valence electrons. The second kappa shape index (κ2) is 13.3. The Labute approximate surface area is 106 Å². The van der Waals surface area contributed by atoms with Crippen molar-refractivity contribution in [2.45, 2.75) is 71.6 Å². The first-order chi connectivity index (χ1) is 8.31. The minimum atomic E-state index is -0.0610. The summed E-state index contributed by atoms with van der Waals surface area (Å²) >= 11 is 0. The maximum atomic E-state index is 11.2. The second-order valence-electron chi connectivity index (χ2n) is 4.43. The number of rotatable bonds is 11. The molecule has 0 unspecified atom stereocenters. The predicted molar refractivity (Wildman–Crippen MR) is 73.0 cm³/mol. The van der Waals surface area contributed by atoms with Gasteiger partial charge in [0.1, 0.15) is 0 Å². The van der Waals surface area contributed by atoms with Crippen LogP contribution in [0.3, 0.4) is 0 Å². The van der Waals surface area contributed by atoms with Crippen molar-refractivity contribution >= 4 is 5.97 Å². The Morgan fingerprint density at radius 1 is 0.941 bits per heavy atom. The van der Waals surface area contributed by atoms with Gasteiger partial charge in [0.2, 0.25) is 0 Å². The van der Waals surface area contributed by atoms with Crippen molar-refractivity contribution in [1.29, 1.82) is 0 Å². The molecule has 0 aliphatic heterocycles. The van der Waals surface area contributed by atoms with Crippen molar-refractivity contribution in [2.24, 2.45) is 0 Å². The van der Waals surface area contributed by atoms with Gasteiger partial charge in [-0.25, -0.2) is 0 Å². The Hall–Kier alpha value is -0.790. The fourth-order valence-corrected chi connectivity index (χ4v) is 1.53. The average Bonchev–Trinajstić information content (AvgIpc) is 2.33. The van der Waals surface area contributed by atoms with Crippen LogP contribution in [0.15, 0.2) is 12.2 Å². The van der Waals surface area contributed by atoms with Crippen molar-refractivity contribution < 1.29 is 9.53 Å². The minimum absolute atomic E-state index is 0.0610. The molecule has 0 bridgehead atoms. The highest BCUT2D eigenvalue weighted by atomic mass is 16.5. The van der Waals surface area contributed by atoms with Crippen LogP contribution in [0.25, 0.3) is 0 Å². The summed E-state index contributed by atoms with van der Waals surface area (Å²) in [7, 11) is 0. The number of carbonyl (C=O) groups excluding carboxylic acids is 1. The van der Waals surface area contributed by atoms with Crippen LogP contribution >= 0.6 is 0 Å². The van der Waals surface area contributed by atoms with Crippen LogP contribution in [-0.4, -0.2) is 12.6 Å². The van der Waals surface area contributed by atoms with Crippen molar-refractivity contribution in [3.8, 4) is 0 Å². The summed E-state index contributed by atoms with van der Waals surface area (Å²) in [4.78, 5) is 11.2. The number of hydrogen-bond acceptors (Lipinski definition) is 2. The fourth-order valence-electron chi connectivity index (χ4n) is 1.53. The van der Waals surface area contributed by atoms with Crippen LogP contribution in [-0.2, 0) is 9.53 Å². The van der Waals surface area contributed by atoms with Crippen molar-refractivity contribution in [3.05, 3.63) is 12.2 Å². The molecule has 0 amide bonds. The molecule has 0 saturated carbocycles. The molecule has 2 nitrogen and oxygen atoms in total. The molecule has 0 rings (SSSR count). The molecule has 0 aliphatic carbocycles. The molecule has 17 heavy (non-hydrogen) atoms. The van der Waals surface area contributed by atoms with Crippen LogP contribution in [0.4, 0.5) is 0 Å². The lowest BCUT2D eigenvalue weighted by molar-refractivity contribution is -0.143. The Morgan fingerprint density at radius 3 is 2.35 bits per heavy atom. The third-order valence-corrected chi connectivity index (χ3v) is 2.67. The molecule has 0 radical (unpaired) electrons. The van der Waals surface area contributed by atoms with E-state index >= 15 is 0 Å². The number of ether oxygens (including phenoxy) is 1. The van der Waals surface area contributed by atoms with Gasteiger partial charge in [0.05, 0.1) is 6.61 Å². The monoisotopic (exact) mass is 240 g/mol. The SMILES string of the molecule is CCCCCCC=CCCC(=O)OCCCC. The van der Waals surface area contributed by atoms with Crippen LogP contribution in [0.1, 0.15) is 71.6 Å². The number of allylic oxidation sites excluding steroid dienone is 2. The number of unbranched alkanes of at least 4 members (excludes halogenated alkanes) is 5. The standard InChI is InChI=1S/C15H28O2/c1-3-5-7-8-9-10-11-12-13-15(16)17-14-6-4-2/h10-11H,3-9,12-14H2,1-2H3. The molecule has 0 aromatic carbocycles. The second-order valence-corrected chi connectivity index (χ2v) is 4.43. The van der Waals surface area contributed by atoms with Gasteiger partial charge >= 0.3 is 5.97 Å². The van der Waals surface area contributed by atoms with E-state index in [2.05, 4.69) is 26.0 Å². The Kier molecular flexibility index (Phi) is 12.7. The molecule has 0 heterocycles. The molecular weight excluding hydrogens is 212 g/mol. The summed E-state index contributed by atoms with van der Waals surface area (Å²) in [6, 6.07) is 0. The molecule has 0 aliphatic rings. The Morgan fingerprint density at radius 2 is 1.65 bits per heavy atom. The van der Waals surface area contributed by atoms with Gasteiger partial charge in [-0.15, -0.1) is 0 Å². The molecule has 0 spiro atoms. The van der Waals surface area contributed by atoms with Gasteiger partial charge in [-0.1, -0.05) is 51.7 Å². The highest BCUT2D eigenvalue weighted by Crippen LogP contribution is 2.04. The maximum Gasteiger partial charge on any atom is 0.306 e. The van der Waals surface area contributed by atoms with E-state index in [1.807, 2.05) is 0 Å². The summed E-state index contributed by atoms with van der Waals surface area (Å²) in [6.45, 7) is 4.89. The first kappa shape index (κ1) is 16.2. The van der Waals surface area contributed by atoms with E-state index in [1.165, 1.54) is 25.7 Å². The highest BCUT2D eigenvalue weighted by Gasteiger charge is 1.99. The zero-order valence-corrected chi connectivity index (χ0v) is 11.5. The van der Waals surface area contributed by atoms with E-state index in [1.54, 1.807) is 0 Å². The number of hydrogen-bond donors (Lipinski definition) is 0. The molecule has 2 heteroatoms. The molecule has 0 atom stereocenters. The quantitative estimate of drug-likeness (QED) is 0.299. The van der Waals surface area contributed by atoms with E-state index in [9.17, 15) is 4.79 Å². The molecule has 0 fully saturated rings. The molecule has 0 N–H and O–H groups in total. The maximum absolute atomic E-state index is 11.2. The van der Waals surface area contributed by atoms with Crippen LogP contribution in [0.5, 0.6) is 0 Å². The van der Waals surface area contributed by atoms with Gasteiger partial charge in [0.15, 0.2) is 0 Å². The van der Waals surface area contributed by atoms with E-state index in [4.69, 9.17) is 4.74 Å². The van der Waals surface area contributed by atoms with Gasteiger partial charge < -0.3 is 4.74 Å². The lowest BCUT2D eigenvalue weighted by Gasteiger charge is -2.01. The third kappa shape index (κ3) is 13.1. The lowest BCUT2D eigenvalue weighted by atomic mass is 10.1. The zero-order chi connectivity index (χ0) is 12.8. The molecular formula is C15H28O2. The van der Waals surface area contributed by atoms with E-state index in [0.29, 0.717) is 13.0 Å². The van der Waals surface area contributed by atoms with Crippen molar-refractivity contribution in [1.82, 2.24) is 0 Å². The smallest absolute Gasteiger partial charge is 0.306 e. The molecule has 0 aromatic heterocycles. The summed E-state index contributed by atoms with van der Waals surface area (Å²) in [5, 5.41) is 0. The van der Waals surface area contributed by atoms with Gasteiger partial charge in [-0.2, -0.15) is 0 Å². The molecule has 0 aromatic rings. The average molecular weight is 240 g/mol. The van der Waals surface area contributed by atoms with E-state index < -0.39 is 0 Å². The molecule has 0 saturated heterocycles. The van der Waals surface area contributed by atoms with E-state index in [-0.39, 0.29) is 5.97 Å². The topological polar surface area (TPSA) is 26.3 Å². The van der Waals surface area contributed by atoms with E-state index in [0.717, 1.165) is 25.7 Å². The van der Waals surface area contributed by atoms with Crippen LogP contribution < -0.4 is 0 Å². The normalized spacial score (nSPS) is 10.9. The fraction of sp³-hybridized carbons (Fsp3) is 0.800. The number of esters is 1. The third-order valence-electron chi connectivity index (χ3n) is 2.67. The van der Waals surface area contributed by atoms with Crippen molar-refractivity contribution in [3.63, 3.8) is 0 Å². The summed E-state index contributed by atoms with van der Waals surface area (Å²) in [6.07, 6.45) is 14.0. The highest BCUT2D eigenvalue weighted by molar-refractivity contribution is 5.69. The van der Waals surface area contributed by atoms with Crippen LogP contribution in [0.2, 0.25) is 0 Å².